The predicted octanol–water partition coefficient (Wildman–Crippen LogP) is 2.76. The number of fused-ring (bicyclic) bond motifs is 5. The number of hydrogen-bond acceptors (Lipinski definition) is 6. The Morgan fingerprint density at radius 3 is 2.68 bits per heavy atom. The lowest BCUT2D eigenvalue weighted by atomic mass is 9.45. The summed E-state index contributed by atoms with van der Waals surface area (Å²) < 4.78 is 5.04. The van der Waals surface area contributed by atoms with Crippen LogP contribution >= 0.6 is 0 Å². The summed E-state index contributed by atoms with van der Waals surface area (Å²) in [5.41, 5.74) is -1.72. The highest BCUT2D eigenvalue weighted by molar-refractivity contribution is 6.01. The van der Waals surface area contributed by atoms with Crippen LogP contribution in [0, 0.1) is 34.5 Å². The highest BCUT2D eigenvalue weighted by Crippen LogP contribution is 2.67. The monoisotopic (exact) mass is 430 g/mol. The molecule has 31 heavy (non-hydrogen) atoms. The quantitative estimate of drug-likeness (QED) is 0.665. The van der Waals surface area contributed by atoms with Crippen molar-refractivity contribution >= 4 is 17.5 Å². The molecular formula is C25H34O6. The van der Waals surface area contributed by atoms with Crippen LogP contribution < -0.4 is 0 Å². The first kappa shape index (κ1) is 22.4. The van der Waals surface area contributed by atoms with Gasteiger partial charge in [0.25, 0.3) is 0 Å². The fourth-order valence-corrected chi connectivity index (χ4v) is 7.58. The lowest BCUT2D eigenvalue weighted by Gasteiger charge is -2.60. The minimum absolute atomic E-state index is 0.00428. The standard InChI is InChI=1S/C25H34O6/c1-5-21(29)31-13-20(28)25(30)9-7-17-16-10-14(2)18-11-15(26)6-8-23(18,3)22(16)19(27)12-24(17,25)4/h6,8,11,14,16-17,19,22,27,30H,5,7,9-10,12-13H2,1-4H3. The largest absolute Gasteiger partial charge is 0.458 e. The molecule has 0 radical (unpaired) electrons. The van der Waals surface area contributed by atoms with E-state index in [1.165, 1.54) is 0 Å². The van der Waals surface area contributed by atoms with Crippen molar-refractivity contribution in [2.75, 3.05) is 6.61 Å². The Balaban J connectivity index is 1.66. The van der Waals surface area contributed by atoms with Gasteiger partial charge in [0, 0.05) is 23.2 Å². The van der Waals surface area contributed by atoms with Crippen molar-refractivity contribution in [2.45, 2.75) is 71.5 Å². The summed E-state index contributed by atoms with van der Waals surface area (Å²) in [6.07, 6.45) is 6.90. The number of ketones is 2. The van der Waals surface area contributed by atoms with Crippen LogP contribution in [0.15, 0.2) is 23.8 Å². The van der Waals surface area contributed by atoms with E-state index in [9.17, 15) is 24.6 Å². The minimum Gasteiger partial charge on any atom is -0.458 e. The van der Waals surface area contributed by atoms with Crippen LogP contribution in [0.3, 0.4) is 0 Å². The molecule has 4 aliphatic carbocycles. The second-order valence-electron chi connectivity index (χ2n) is 10.6. The number of hydrogen-bond donors (Lipinski definition) is 2. The van der Waals surface area contributed by atoms with E-state index in [0.29, 0.717) is 19.3 Å². The molecule has 0 heterocycles. The maximum absolute atomic E-state index is 13.0. The predicted molar refractivity (Wildman–Crippen MR) is 114 cm³/mol. The number of esters is 1. The van der Waals surface area contributed by atoms with Crippen LogP contribution in [0.4, 0.5) is 0 Å². The van der Waals surface area contributed by atoms with Crippen LogP contribution in [-0.2, 0) is 19.1 Å². The number of aliphatic hydroxyl groups excluding tert-OH is 1. The fraction of sp³-hybridized carbons (Fsp3) is 0.720. The molecule has 6 heteroatoms. The first-order valence-corrected chi connectivity index (χ1v) is 11.5. The van der Waals surface area contributed by atoms with Crippen molar-refractivity contribution in [1.29, 1.82) is 0 Å². The van der Waals surface area contributed by atoms with Crippen molar-refractivity contribution in [2.24, 2.45) is 34.5 Å². The van der Waals surface area contributed by atoms with E-state index in [1.54, 1.807) is 19.1 Å². The van der Waals surface area contributed by atoms with Gasteiger partial charge in [-0.1, -0.05) is 39.3 Å². The van der Waals surface area contributed by atoms with Gasteiger partial charge in [-0.25, -0.2) is 0 Å². The summed E-state index contributed by atoms with van der Waals surface area (Å²) in [7, 11) is 0. The molecule has 2 N–H and O–H groups in total. The molecule has 4 rings (SSSR count). The SMILES string of the molecule is CCC(=O)OCC(=O)C1(O)CCC2C3CC(C)C4=CC(=O)C=CC4(C)C3C(O)CC21C. The number of carbonyl (C=O) groups is 3. The van der Waals surface area contributed by atoms with E-state index in [-0.39, 0.29) is 35.9 Å². The van der Waals surface area contributed by atoms with Gasteiger partial charge >= 0.3 is 5.97 Å². The maximum Gasteiger partial charge on any atom is 0.305 e. The molecule has 6 nitrogen and oxygen atoms in total. The molecule has 0 amide bonds. The zero-order chi connectivity index (χ0) is 22.8. The maximum atomic E-state index is 13.0. The molecule has 4 aliphatic rings. The van der Waals surface area contributed by atoms with Crippen molar-refractivity contribution in [3.8, 4) is 0 Å². The van der Waals surface area contributed by atoms with Gasteiger partial charge in [0.2, 0.25) is 5.78 Å². The first-order chi connectivity index (χ1) is 14.5. The zero-order valence-corrected chi connectivity index (χ0v) is 18.9. The van der Waals surface area contributed by atoms with E-state index < -0.39 is 40.9 Å². The smallest absolute Gasteiger partial charge is 0.305 e. The third-order valence-electron chi connectivity index (χ3n) is 9.08. The summed E-state index contributed by atoms with van der Waals surface area (Å²) in [4.78, 5) is 36.6. The van der Waals surface area contributed by atoms with Gasteiger partial charge in [0.15, 0.2) is 12.4 Å². The van der Waals surface area contributed by atoms with Crippen LogP contribution in [-0.4, -0.2) is 46.1 Å². The second-order valence-corrected chi connectivity index (χ2v) is 10.6. The lowest BCUT2D eigenvalue weighted by Crippen LogP contribution is -2.62. The molecule has 8 atom stereocenters. The molecule has 8 unspecified atom stereocenters. The average Bonchev–Trinajstić information content (AvgIpc) is 2.98. The Bertz CT molecular complexity index is 873. The van der Waals surface area contributed by atoms with Crippen molar-refractivity contribution in [3.63, 3.8) is 0 Å². The number of carbonyl (C=O) groups excluding carboxylic acids is 3. The third kappa shape index (κ3) is 3.09. The summed E-state index contributed by atoms with van der Waals surface area (Å²) in [6.45, 7) is 7.38. The van der Waals surface area contributed by atoms with Gasteiger partial charge in [-0.2, -0.15) is 0 Å². The van der Waals surface area contributed by atoms with E-state index in [1.807, 2.05) is 13.0 Å². The molecule has 0 aromatic rings. The highest BCUT2D eigenvalue weighted by Gasteiger charge is 2.68. The lowest BCUT2D eigenvalue weighted by molar-refractivity contribution is -0.182. The normalized spacial score (nSPS) is 45.9. The number of Topliss-reactive ketones (excluding diaryl/α,β-unsaturated/α-hetero) is 1. The summed E-state index contributed by atoms with van der Waals surface area (Å²) in [6, 6.07) is 0. The number of ether oxygens (including phenoxy) is 1. The van der Waals surface area contributed by atoms with E-state index >= 15 is 0 Å². The molecule has 0 saturated heterocycles. The Kier molecular flexibility index (Phi) is 5.33. The van der Waals surface area contributed by atoms with Crippen LogP contribution in [0.25, 0.3) is 0 Å². The summed E-state index contributed by atoms with van der Waals surface area (Å²) >= 11 is 0. The number of allylic oxidation sites excluding steroid dienone is 4. The van der Waals surface area contributed by atoms with Crippen LogP contribution in [0.2, 0.25) is 0 Å². The van der Waals surface area contributed by atoms with Gasteiger partial charge in [-0.15, -0.1) is 0 Å². The molecular weight excluding hydrogens is 396 g/mol. The average molecular weight is 431 g/mol. The molecule has 0 aliphatic heterocycles. The fourth-order valence-electron chi connectivity index (χ4n) is 7.58. The molecule has 3 saturated carbocycles. The van der Waals surface area contributed by atoms with Gasteiger partial charge in [0.05, 0.1) is 6.10 Å². The second kappa shape index (κ2) is 7.38. The van der Waals surface area contributed by atoms with Gasteiger partial charge < -0.3 is 14.9 Å². The van der Waals surface area contributed by atoms with Crippen molar-refractivity contribution in [3.05, 3.63) is 23.8 Å². The number of rotatable bonds is 4. The first-order valence-electron chi connectivity index (χ1n) is 11.5. The highest BCUT2D eigenvalue weighted by atomic mass is 16.5. The molecule has 0 aromatic carbocycles. The van der Waals surface area contributed by atoms with Gasteiger partial charge in [-0.3, -0.25) is 14.4 Å². The Morgan fingerprint density at radius 1 is 1.29 bits per heavy atom. The molecule has 3 fully saturated rings. The van der Waals surface area contributed by atoms with Crippen LogP contribution in [0.5, 0.6) is 0 Å². The Labute approximate surface area is 183 Å². The Hall–Kier alpha value is -1.79. The molecule has 0 bridgehead atoms. The Morgan fingerprint density at radius 2 is 2.00 bits per heavy atom. The molecule has 0 aromatic heterocycles. The van der Waals surface area contributed by atoms with Crippen LogP contribution in [0.1, 0.15) is 59.8 Å². The van der Waals surface area contributed by atoms with E-state index in [0.717, 1.165) is 12.0 Å². The summed E-state index contributed by atoms with van der Waals surface area (Å²) in [5.74, 6) is -0.615. The topological polar surface area (TPSA) is 101 Å². The van der Waals surface area contributed by atoms with Gasteiger partial charge in [0.1, 0.15) is 5.60 Å². The van der Waals surface area contributed by atoms with E-state index in [2.05, 4.69) is 13.8 Å². The zero-order valence-electron chi connectivity index (χ0n) is 18.9. The molecule has 170 valence electrons. The van der Waals surface area contributed by atoms with Crippen molar-refractivity contribution < 1.29 is 29.3 Å². The van der Waals surface area contributed by atoms with Gasteiger partial charge in [-0.05, 0) is 55.6 Å². The third-order valence-corrected chi connectivity index (χ3v) is 9.08. The number of aliphatic hydroxyl groups is 2. The van der Waals surface area contributed by atoms with Crippen molar-refractivity contribution in [1.82, 2.24) is 0 Å². The minimum atomic E-state index is -1.61. The summed E-state index contributed by atoms with van der Waals surface area (Å²) in [5, 5.41) is 23.0. The molecule has 0 spiro atoms. The van der Waals surface area contributed by atoms with E-state index in [4.69, 9.17) is 4.74 Å².